The van der Waals surface area contributed by atoms with Gasteiger partial charge in [-0.15, -0.1) is 0 Å². The minimum atomic E-state index is -4.42. The van der Waals surface area contributed by atoms with E-state index in [1.54, 1.807) is 18.4 Å². The molecule has 0 aromatic carbocycles. The Morgan fingerprint density at radius 3 is 2.83 bits per heavy atom. The maximum absolute atomic E-state index is 16.4. The third kappa shape index (κ3) is 8.42. The number of methoxy groups -OCH3 is 1. The Kier molecular flexibility index (Phi) is 11.8. The van der Waals surface area contributed by atoms with Gasteiger partial charge in [0.15, 0.2) is 35.0 Å². The molecule has 25 heteroatoms. The number of nitrogens with one attached hydrogen (secondary N) is 2. The van der Waals surface area contributed by atoms with Crippen LogP contribution in [-0.2, 0) is 73.0 Å². The normalized spacial score (nSPS) is 27.2. The van der Waals surface area contributed by atoms with E-state index in [0.29, 0.717) is 17.0 Å². The van der Waals surface area contributed by atoms with E-state index in [1.807, 2.05) is 6.07 Å². The van der Waals surface area contributed by atoms with Crippen LogP contribution in [0.2, 0.25) is 0 Å². The lowest BCUT2D eigenvalue weighted by Crippen LogP contribution is -2.32. The molecular formula is C27H33FN10O10P2S2. The molecule has 2 N–H and O–H groups in total. The van der Waals surface area contributed by atoms with Crippen LogP contribution in [0, 0.1) is 17.2 Å². The average molecular weight is 803 g/mol. The highest BCUT2D eigenvalue weighted by Crippen LogP contribution is 2.58. The zero-order chi connectivity index (χ0) is 37.2. The van der Waals surface area contributed by atoms with Crippen LogP contribution in [-0.4, -0.2) is 90.3 Å². The molecule has 6 rings (SSSR count). The summed E-state index contributed by atoms with van der Waals surface area (Å²) in [5.41, 5.74) is -0.252. The van der Waals surface area contributed by atoms with Crippen molar-refractivity contribution in [1.29, 1.82) is 5.26 Å². The molecule has 0 radical (unpaired) electrons. The van der Waals surface area contributed by atoms with Gasteiger partial charge in [-0.25, -0.2) is 28.9 Å². The number of imidazole rings is 2. The van der Waals surface area contributed by atoms with Crippen molar-refractivity contribution in [2.75, 3.05) is 32.2 Å². The minimum absolute atomic E-state index is 0.0295. The van der Waals surface area contributed by atoms with Gasteiger partial charge in [-0.05, 0) is 11.8 Å². The molecule has 1 saturated heterocycles. The number of carbonyl (C=O) groups is 1. The van der Waals surface area contributed by atoms with Crippen LogP contribution in [0.15, 0.2) is 17.3 Å². The summed E-state index contributed by atoms with van der Waals surface area (Å²) in [6.45, 7) is -5.81. The largest absolute Gasteiger partial charge is 0.387 e. The molecule has 0 aliphatic carbocycles. The van der Waals surface area contributed by atoms with Crippen LogP contribution >= 0.6 is 25.8 Å². The monoisotopic (exact) mass is 802 g/mol. The smallest absolute Gasteiger partial charge is 0.377 e. The number of carbonyl (C=O) groups excluding carboxylic acids is 1. The van der Waals surface area contributed by atoms with E-state index in [1.165, 1.54) is 17.9 Å². The first-order valence-corrected chi connectivity index (χ1v) is 20.9. The first-order valence-electron chi connectivity index (χ1n) is 15.6. The van der Waals surface area contributed by atoms with Crippen molar-refractivity contribution in [2.45, 2.75) is 64.6 Å². The zero-order valence-electron chi connectivity index (χ0n) is 27.8. The Hall–Kier alpha value is -3.26. The molecule has 4 aromatic heterocycles. The number of aromatic nitrogens is 8. The second-order valence-corrected chi connectivity index (χ2v) is 17.5. The molecule has 20 nitrogen and oxygen atoms in total. The van der Waals surface area contributed by atoms with Gasteiger partial charge in [0, 0.05) is 19.6 Å². The number of thiol groups is 1. The number of hydrogen-bond acceptors (Lipinski definition) is 17. The second kappa shape index (κ2) is 16.0. The third-order valence-corrected chi connectivity index (χ3v) is 11.7. The lowest BCUT2D eigenvalue weighted by atomic mass is 10.1. The number of anilines is 1. The van der Waals surface area contributed by atoms with Gasteiger partial charge < -0.3 is 27.6 Å². The van der Waals surface area contributed by atoms with Crippen LogP contribution in [0.4, 0.5) is 10.3 Å². The molecule has 0 spiro atoms. The molecule has 1 fully saturated rings. The number of fused-ring (bicyclic) bond motifs is 6. The van der Waals surface area contributed by atoms with Gasteiger partial charge in [-0.2, -0.15) is 10.2 Å². The lowest BCUT2D eigenvalue weighted by Gasteiger charge is -2.24. The SMILES string of the molecule is COCc1ncc2nc3n(c2n1)CCOP(=S)(OCCC#N)OC[C@H]1O[C@@H](n2cnc4c(=O)[nH]c(NC(=O)C(C)C)nc42)[C@H](OP(=O)(S)OC3)[C@@H]1F. The number of alkyl halides is 1. The van der Waals surface area contributed by atoms with Gasteiger partial charge in [-0.1, -0.05) is 26.1 Å². The van der Waals surface area contributed by atoms with Crippen LogP contribution in [0.1, 0.15) is 38.1 Å². The Balaban J connectivity index is 1.38. The van der Waals surface area contributed by atoms with Gasteiger partial charge in [0.25, 0.3) is 5.56 Å². The van der Waals surface area contributed by atoms with Crippen molar-refractivity contribution in [3.05, 3.63) is 34.5 Å². The van der Waals surface area contributed by atoms with Crippen molar-refractivity contribution < 1.29 is 45.8 Å². The highest BCUT2D eigenvalue weighted by molar-refractivity contribution is 8.44. The van der Waals surface area contributed by atoms with E-state index in [9.17, 15) is 14.2 Å². The second-order valence-electron chi connectivity index (χ2n) is 11.6. The van der Waals surface area contributed by atoms with Crippen LogP contribution in [0.3, 0.4) is 0 Å². The maximum Gasteiger partial charge on any atom is 0.387 e. The zero-order valence-corrected chi connectivity index (χ0v) is 31.3. The predicted molar refractivity (Wildman–Crippen MR) is 185 cm³/mol. The van der Waals surface area contributed by atoms with Crippen LogP contribution in [0.25, 0.3) is 22.3 Å². The summed E-state index contributed by atoms with van der Waals surface area (Å²) < 4.78 is 73.1. The Morgan fingerprint density at radius 1 is 1.27 bits per heavy atom. The number of aromatic amines is 1. The van der Waals surface area contributed by atoms with E-state index >= 15 is 4.39 Å². The summed E-state index contributed by atoms with van der Waals surface area (Å²) in [7, 11) is 1.49. The molecule has 2 aliphatic rings. The summed E-state index contributed by atoms with van der Waals surface area (Å²) >= 11 is 9.78. The van der Waals surface area contributed by atoms with Gasteiger partial charge in [0.05, 0.1) is 44.8 Å². The Bertz CT molecular complexity index is 2160. The quantitative estimate of drug-likeness (QED) is 0.132. The number of H-pyrrole nitrogens is 1. The number of amides is 1. The fourth-order valence-corrected chi connectivity index (χ4v) is 8.36. The van der Waals surface area contributed by atoms with E-state index in [2.05, 4.69) is 47.5 Å². The van der Waals surface area contributed by atoms with Gasteiger partial charge >= 0.3 is 13.5 Å². The van der Waals surface area contributed by atoms with Gasteiger partial charge in [0.2, 0.25) is 11.9 Å². The van der Waals surface area contributed by atoms with Crippen molar-refractivity contribution in [2.24, 2.45) is 5.92 Å². The third-order valence-electron chi connectivity index (χ3n) is 7.66. The van der Waals surface area contributed by atoms with Crippen molar-refractivity contribution in [3.8, 4) is 6.07 Å². The fraction of sp³-hybridized carbons (Fsp3) is 0.556. The lowest BCUT2D eigenvalue weighted by molar-refractivity contribution is -0.118. The molecule has 280 valence electrons. The fourth-order valence-electron chi connectivity index (χ4n) is 5.19. The minimum Gasteiger partial charge on any atom is -0.377 e. The predicted octanol–water partition coefficient (Wildman–Crippen LogP) is 3.08. The topological polar surface area (TPSA) is 242 Å². The molecule has 2 aliphatic heterocycles. The number of rotatable bonds is 8. The van der Waals surface area contributed by atoms with E-state index in [4.69, 9.17) is 49.2 Å². The molecule has 0 saturated carbocycles. The Labute approximate surface area is 304 Å². The van der Waals surface area contributed by atoms with Crippen molar-refractivity contribution in [3.63, 3.8) is 0 Å². The van der Waals surface area contributed by atoms with E-state index in [-0.39, 0.29) is 55.7 Å². The standard InChI is InChI=1S/C27H33FN10O10P2S2/c1-14(2)24(39)35-27-34-23-20(25(40)36-27)31-13-38(23)26-21-19(28)16(47-26)10-46-50(52,43-7-4-5-29)44-8-6-37-18(12-45-49(41,51)48-21)32-15-9-30-17(11-42-3)33-22(15)37/h9,13-14,16,19,21,26H,4,6-8,10-12H2,1-3H3,(H,41,51)(H2,34,35,36,39,40)/t16-,19-,21-,26-,49?,50?/m1/s1. The number of nitrogens with zero attached hydrogens (tertiary/aromatic N) is 8. The molecule has 52 heavy (non-hydrogen) atoms. The van der Waals surface area contributed by atoms with E-state index in [0.717, 1.165) is 6.33 Å². The summed E-state index contributed by atoms with van der Waals surface area (Å²) in [6, 6.07) is 1.95. The van der Waals surface area contributed by atoms with Gasteiger partial charge in [0.1, 0.15) is 36.8 Å². The molecule has 2 unspecified atom stereocenters. The first kappa shape index (κ1) is 38.5. The van der Waals surface area contributed by atoms with E-state index < -0.39 is 68.7 Å². The van der Waals surface area contributed by atoms with Crippen LogP contribution in [0.5, 0.6) is 0 Å². The molecule has 1 amide bonds. The highest BCUT2D eigenvalue weighted by atomic mass is 32.7. The first-order chi connectivity index (χ1) is 24.8. The molecule has 4 aromatic rings. The molecule has 6 atom stereocenters. The highest BCUT2D eigenvalue weighted by Gasteiger charge is 2.51. The number of ether oxygens (including phenoxy) is 2. The van der Waals surface area contributed by atoms with Crippen LogP contribution < -0.4 is 10.9 Å². The Morgan fingerprint density at radius 2 is 2.08 bits per heavy atom. The molecule has 6 heterocycles. The van der Waals surface area contributed by atoms with Crippen molar-refractivity contribution >= 4 is 71.8 Å². The molecule has 2 bridgehead atoms. The van der Waals surface area contributed by atoms with Crippen molar-refractivity contribution in [1.82, 2.24) is 39.0 Å². The number of halogens is 1. The number of hydrogen-bond donors (Lipinski definition) is 3. The summed E-state index contributed by atoms with van der Waals surface area (Å²) in [5, 5.41) is 11.6. The van der Waals surface area contributed by atoms with Gasteiger partial charge in [-0.3, -0.25) is 33.5 Å². The maximum atomic E-state index is 16.4. The summed E-state index contributed by atoms with van der Waals surface area (Å²) in [5.74, 6) is -0.494. The average Bonchev–Trinajstić information content (AvgIpc) is 3.76. The number of nitriles is 1. The molecular weight excluding hydrogens is 769 g/mol. The summed E-state index contributed by atoms with van der Waals surface area (Å²) in [6.07, 6.45) is -4.10. The summed E-state index contributed by atoms with van der Waals surface area (Å²) in [4.78, 5) is 49.4.